The molecule has 2 aromatic rings. The van der Waals surface area contributed by atoms with Crippen LogP contribution < -0.4 is 9.62 Å². The van der Waals surface area contributed by atoms with Crippen molar-refractivity contribution >= 4 is 50.5 Å². The van der Waals surface area contributed by atoms with Crippen molar-refractivity contribution < 1.29 is 26.4 Å². The van der Waals surface area contributed by atoms with Crippen LogP contribution in [0.25, 0.3) is 0 Å². The minimum atomic E-state index is -4.70. The summed E-state index contributed by atoms with van der Waals surface area (Å²) in [5.41, 5.74) is -0.459. The number of amides is 1. The molecule has 1 amide bonds. The fourth-order valence-electron chi connectivity index (χ4n) is 2.26. The maximum absolute atomic E-state index is 13.0. The highest BCUT2D eigenvalue weighted by Crippen LogP contribution is 2.36. The van der Waals surface area contributed by atoms with Gasteiger partial charge in [-0.3, -0.25) is 9.10 Å². The lowest BCUT2D eigenvalue weighted by Crippen LogP contribution is -2.37. The molecule has 0 aliphatic carbocycles. The predicted octanol–water partition coefficient (Wildman–Crippen LogP) is 4.73. The van der Waals surface area contributed by atoms with E-state index in [1.807, 2.05) is 0 Å². The average Bonchev–Trinajstić information content (AvgIpc) is 2.55. The molecule has 2 rings (SSSR count). The van der Waals surface area contributed by atoms with Gasteiger partial charge in [0.15, 0.2) is 0 Å². The van der Waals surface area contributed by atoms with Crippen molar-refractivity contribution in [2.45, 2.75) is 13.1 Å². The molecule has 0 atom stereocenters. The highest BCUT2D eigenvalue weighted by atomic mass is 35.5. The van der Waals surface area contributed by atoms with Crippen LogP contribution >= 0.6 is 23.2 Å². The molecule has 1 N–H and O–H groups in total. The van der Waals surface area contributed by atoms with Gasteiger partial charge in [-0.05, 0) is 42.8 Å². The molecule has 0 spiro atoms. The quantitative estimate of drug-likeness (QED) is 0.710. The number of rotatable bonds is 5. The first-order chi connectivity index (χ1) is 12.8. The molecule has 28 heavy (non-hydrogen) atoms. The van der Waals surface area contributed by atoms with Crippen LogP contribution in [0.5, 0.6) is 0 Å². The zero-order chi connectivity index (χ0) is 21.3. The highest BCUT2D eigenvalue weighted by Gasteiger charge is 2.33. The van der Waals surface area contributed by atoms with Crippen molar-refractivity contribution in [1.29, 1.82) is 0 Å². The van der Waals surface area contributed by atoms with E-state index in [2.05, 4.69) is 5.32 Å². The van der Waals surface area contributed by atoms with Crippen LogP contribution in [0.4, 0.5) is 24.5 Å². The van der Waals surface area contributed by atoms with Gasteiger partial charge in [-0.1, -0.05) is 29.3 Å². The minimum Gasteiger partial charge on any atom is -0.324 e. The van der Waals surface area contributed by atoms with Crippen LogP contribution in [-0.2, 0) is 21.0 Å². The Kier molecular flexibility index (Phi) is 6.52. The fraction of sp³-hybridized carbons (Fsp3) is 0.235. The summed E-state index contributed by atoms with van der Waals surface area (Å²) in [5, 5.41) is 2.59. The lowest BCUT2D eigenvalue weighted by atomic mass is 10.2. The van der Waals surface area contributed by atoms with E-state index in [4.69, 9.17) is 23.2 Å². The van der Waals surface area contributed by atoms with Gasteiger partial charge in [0.05, 0.1) is 22.5 Å². The molecule has 0 saturated carbocycles. The van der Waals surface area contributed by atoms with Gasteiger partial charge < -0.3 is 5.32 Å². The van der Waals surface area contributed by atoms with Crippen LogP contribution in [0.2, 0.25) is 10.0 Å². The minimum absolute atomic E-state index is 0.246. The summed E-state index contributed by atoms with van der Waals surface area (Å²) in [6, 6.07) is 6.91. The number of hydrogen-bond donors (Lipinski definition) is 1. The van der Waals surface area contributed by atoms with Crippen LogP contribution in [0.1, 0.15) is 11.1 Å². The van der Waals surface area contributed by atoms with Crippen LogP contribution in [0, 0.1) is 6.92 Å². The topological polar surface area (TPSA) is 66.5 Å². The number of carbonyl (C=O) groups is 1. The molecular formula is C17H15Cl2F3N2O3S. The van der Waals surface area contributed by atoms with E-state index in [0.29, 0.717) is 21.1 Å². The molecule has 0 unspecified atom stereocenters. The second-order valence-electron chi connectivity index (χ2n) is 5.95. The molecule has 152 valence electrons. The number of hydrogen-bond acceptors (Lipinski definition) is 3. The first-order valence-electron chi connectivity index (χ1n) is 7.69. The normalized spacial score (nSPS) is 12.0. The average molecular weight is 455 g/mol. The number of halogens is 5. The molecular weight excluding hydrogens is 440 g/mol. The van der Waals surface area contributed by atoms with E-state index in [1.165, 1.54) is 6.07 Å². The Balaban J connectivity index is 2.35. The van der Waals surface area contributed by atoms with E-state index in [1.54, 1.807) is 19.1 Å². The van der Waals surface area contributed by atoms with Gasteiger partial charge in [-0.2, -0.15) is 13.2 Å². The molecule has 0 aromatic heterocycles. The Hall–Kier alpha value is -1.97. The van der Waals surface area contributed by atoms with Gasteiger partial charge in [0.25, 0.3) is 0 Å². The largest absolute Gasteiger partial charge is 0.416 e. The molecule has 0 bridgehead atoms. The summed E-state index contributed by atoms with van der Waals surface area (Å²) in [6.07, 6.45) is -3.94. The third-order valence-corrected chi connectivity index (χ3v) is 5.54. The van der Waals surface area contributed by atoms with Crippen LogP contribution in [-0.4, -0.2) is 27.1 Å². The summed E-state index contributed by atoms with van der Waals surface area (Å²) < 4.78 is 63.7. The third-order valence-electron chi connectivity index (χ3n) is 3.69. The molecule has 0 aliphatic rings. The van der Waals surface area contributed by atoms with Gasteiger partial charge >= 0.3 is 6.18 Å². The lowest BCUT2D eigenvalue weighted by molar-refractivity contribution is -0.137. The first kappa shape index (κ1) is 22.3. The number of carbonyl (C=O) groups excluding carboxylic acids is 1. The van der Waals surface area contributed by atoms with Gasteiger partial charge in [0.2, 0.25) is 15.9 Å². The van der Waals surface area contributed by atoms with Crippen molar-refractivity contribution in [3.63, 3.8) is 0 Å². The van der Waals surface area contributed by atoms with Crippen molar-refractivity contribution in [3.05, 3.63) is 57.6 Å². The second-order valence-corrected chi connectivity index (χ2v) is 8.67. The van der Waals surface area contributed by atoms with E-state index in [9.17, 15) is 26.4 Å². The smallest absolute Gasteiger partial charge is 0.324 e. The number of aryl methyl sites for hydroxylation is 1. The molecule has 0 aliphatic heterocycles. The van der Waals surface area contributed by atoms with Crippen molar-refractivity contribution in [2.75, 3.05) is 22.4 Å². The predicted molar refractivity (Wildman–Crippen MR) is 103 cm³/mol. The lowest BCUT2D eigenvalue weighted by Gasteiger charge is -2.24. The van der Waals surface area contributed by atoms with Gasteiger partial charge in [0, 0.05) is 10.7 Å². The molecule has 11 heteroatoms. The summed E-state index contributed by atoms with van der Waals surface area (Å²) in [6.45, 7) is 0.986. The Morgan fingerprint density at radius 3 is 2.29 bits per heavy atom. The fourth-order valence-corrected chi connectivity index (χ4v) is 3.57. The standard InChI is InChI=1S/C17H15Cl2F3N2O3S/c1-10-3-5-12(8-14(10)19)23-16(25)9-24(28(2,26)27)15-7-11(17(20,21)22)4-6-13(15)18/h3-8H,9H2,1-2H3,(H,23,25). The maximum Gasteiger partial charge on any atom is 0.416 e. The Bertz CT molecular complexity index is 1010. The zero-order valence-corrected chi connectivity index (χ0v) is 17.0. The van der Waals surface area contributed by atoms with E-state index < -0.39 is 39.9 Å². The number of anilines is 2. The van der Waals surface area contributed by atoms with Crippen LogP contribution in [0.3, 0.4) is 0 Å². The Morgan fingerprint density at radius 2 is 1.75 bits per heavy atom. The number of alkyl halides is 3. The van der Waals surface area contributed by atoms with E-state index >= 15 is 0 Å². The number of benzene rings is 2. The second kappa shape index (κ2) is 8.18. The monoisotopic (exact) mass is 454 g/mol. The van der Waals surface area contributed by atoms with Crippen LogP contribution in [0.15, 0.2) is 36.4 Å². The number of nitrogens with zero attached hydrogens (tertiary/aromatic N) is 1. The summed E-state index contributed by atoms with van der Waals surface area (Å²) in [4.78, 5) is 12.3. The van der Waals surface area contributed by atoms with Gasteiger partial charge in [0.1, 0.15) is 6.54 Å². The van der Waals surface area contributed by atoms with E-state index in [-0.39, 0.29) is 5.02 Å². The molecule has 2 aromatic carbocycles. The Morgan fingerprint density at radius 1 is 1.11 bits per heavy atom. The summed E-state index contributed by atoms with van der Waals surface area (Å²) >= 11 is 11.9. The summed E-state index contributed by atoms with van der Waals surface area (Å²) in [7, 11) is -4.11. The molecule has 0 heterocycles. The van der Waals surface area contributed by atoms with Crippen molar-refractivity contribution in [2.24, 2.45) is 0 Å². The number of sulfonamides is 1. The molecule has 0 radical (unpaired) electrons. The first-order valence-corrected chi connectivity index (χ1v) is 10.3. The molecule has 0 fully saturated rings. The SMILES string of the molecule is Cc1ccc(NC(=O)CN(c2cc(C(F)(F)F)ccc2Cl)S(C)(=O)=O)cc1Cl. The van der Waals surface area contributed by atoms with Gasteiger partial charge in [-0.25, -0.2) is 8.42 Å². The highest BCUT2D eigenvalue weighted by molar-refractivity contribution is 7.92. The van der Waals surface area contributed by atoms with E-state index in [0.717, 1.165) is 24.0 Å². The van der Waals surface area contributed by atoms with Crippen molar-refractivity contribution in [1.82, 2.24) is 0 Å². The maximum atomic E-state index is 13.0. The molecule has 5 nitrogen and oxygen atoms in total. The molecule has 0 saturated heterocycles. The summed E-state index contributed by atoms with van der Waals surface area (Å²) in [5.74, 6) is -0.779. The van der Waals surface area contributed by atoms with Crippen molar-refractivity contribution in [3.8, 4) is 0 Å². The Labute approximate surface area is 170 Å². The third kappa shape index (κ3) is 5.52. The number of nitrogens with one attached hydrogen (secondary N) is 1. The zero-order valence-electron chi connectivity index (χ0n) is 14.6. The van der Waals surface area contributed by atoms with Gasteiger partial charge in [-0.15, -0.1) is 0 Å².